The van der Waals surface area contributed by atoms with E-state index in [0.29, 0.717) is 19.8 Å². The molecule has 1 aliphatic rings. The molecule has 0 amide bonds. The Labute approximate surface area is 111 Å². The van der Waals surface area contributed by atoms with E-state index in [-0.39, 0.29) is 0 Å². The van der Waals surface area contributed by atoms with E-state index in [0.717, 1.165) is 28.8 Å². The van der Waals surface area contributed by atoms with Gasteiger partial charge in [-0.25, -0.2) is 0 Å². The van der Waals surface area contributed by atoms with E-state index in [1.54, 1.807) is 0 Å². The Morgan fingerprint density at radius 3 is 2.74 bits per heavy atom. The molecule has 1 aliphatic heterocycles. The fraction of sp³-hybridized carbons (Fsp3) is 0.385. The zero-order chi connectivity index (χ0) is 13.2. The Kier molecular flexibility index (Phi) is 2.98. The van der Waals surface area contributed by atoms with Gasteiger partial charge in [-0.3, -0.25) is 0 Å². The highest BCUT2D eigenvalue weighted by Gasteiger charge is 2.12. The van der Waals surface area contributed by atoms with E-state index in [1.807, 2.05) is 36.7 Å². The van der Waals surface area contributed by atoms with Crippen LogP contribution in [0.3, 0.4) is 0 Å². The van der Waals surface area contributed by atoms with Gasteiger partial charge in [0.05, 0.1) is 6.54 Å². The lowest BCUT2D eigenvalue weighted by molar-refractivity contribution is 0.171. The van der Waals surface area contributed by atoms with Gasteiger partial charge in [-0.2, -0.15) is 0 Å². The molecule has 0 saturated heterocycles. The molecule has 0 unspecified atom stereocenters. The fourth-order valence-corrected chi connectivity index (χ4v) is 1.94. The van der Waals surface area contributed by atoms with Gasteiger partial charge in [-0.15, -0.1) is 10.2 Å². The third-order valence-electron chi connectivity index (χ3n) is 3.18. The number of anilines is 1. The average molecular weight is 260 g/mol. The van der Waals surface area contributed by atoms with Gasteiger partial charge in [0.1, 0.15) is 19.0 Å². The first kappa shape index (κ1) is 11.8. The number of hydrogen-bond donors (Lipinski definition) is 1. The first-order chi connectivity index (χ1) is 9.24. The van der Waals surface area contributed by atoms with E-state index in [9.17, 15) is 0 Å². The summed E-state index contributed by atoms with van der Waals surface area (Å²) in [6, 6.07) is 5.83. The number of benzene rings is 1. The third-order valence-corrected chi connectivity index (χ3v) is 3.18. The summed E-state index contributed by atoms with van der Waals surface area (Å²) in [4.78, 5) is 0. The van der Waals surface area contributed by atoms with Crippen molar-refractivity contribution in [3.63, 3.8) is 0 Å². The summed E-state index contributed by atoms with van der Waals surface area (Å²) in [5, 5.41) is 11.4. The molecule has 0 radical (unpaired) electrons. The van der Waals surface area contributed by atoms with E-state index in [1.165, 1.54) is 0 Å². The molecule has 19 heavy (non-hydrogen) atoms. The Morgan fingerprint density at radius 1 is 1.21 bits per heavy atom. The van der Waals surface area contributed by atoms with Crippen LogP contribution in [-0.2, 0) is 13.6 Å². The molecule has 2 aromatic rings. The molecule has 6 nitrogen and oxygen atoms in total. The van der Waals surface area contributed by atoms with Crippen LogP contribution in [0.15, 0.2) is 18.2 Å². The molecular weight excluding hydrogens is 244 g/mol. The molecule has 6 heteroatoms. The third kappa shape index (κ3) is 2.33. The van der Waals surface area contributed by atoms with Gasteiger partial charge in [0.25, 0.3) is 0 Å². The van der Waals surface area contributed by atoms with Crippen molar-refractivity contribution in [2.75, 3.05) is 18.5 Å². The van der Waals surface area contributed by atoms with Crippen molar-refractivity contribution in [3.8, 4) is 11.5 Å². The van der Waals surface area contributed by atoms with Crippen LogP contribution in [0, 0.1) is 6.92 Å². The summed E-state index contributed by atoms with van der Waals surface area (Å²) >= 11 is 0. The molecule has 0 atom stereocenters. The van der Waals surface area contributed by atoms with Crippen molar-refractivity contribution < 1.29 is 9.47 Å². The van der Waals surface area contributed by atoms with Gasteiger partial charge in [0.15, 0.2) is 17.3 Å². The van der Waals surface area contributed by atoms with Crippen molar-refractivity contribution in [2.45, 2.75) is 13.5 Å². The highest BCUT2D eigenvalue weighted by molar-refractivity contribution is 5.55. The molecule has 0 bridgehead atoms. The average Bonchev–Trinajstić information content (AvgIpc) is 2.76. The smallest absolute Gasteiger partial charge is 0.163 e. The lowest BCUT2D eigenvalue weighted by Gasteiger charge is -2.19. The molecule has 0 saturated carbocycles. The minimum atomic E-state index is 0.596. The van der Waals surface area contributed by atoms with Crippen LogP contribution in [0.2, 0.25) is 0 Å². The second-order valence-corrected chi connectivity index (χ2v) is 4.43. The summed E-state index contributed by atoms with van der Waals surface area (Å²) in [5.41, 5.74) is 0.977. The Bertz CT molecular complexity index is 594. The lowest BCUT2D eigenvalue weighted by atomic mass is 10.2. The maximum atomic E-state index is 5.55. The van der Waals surface area contributed by atoms with Crippen molar-refractivity contribution in [3.05, 3.63) is 29.8 Å². The van der Waals surface area contributed by atoms with Crippen LogP contribution in [0.5, 0.6) is 11.5 Å². The quantitative estimate of drug-likeness (QED) is 0.906. The van der Waals surface area contributed by atoms with Crippen molar-refractivity contribution in [1.82, 2.24) is 14.8 Å². The minimum Gasteiger partial charge on any atom is -0.486 e. The second-order valence-electron chi connectivity index (χ2n) is 4.43. The predicted octanol–water partition coefficient (Wildman–Crippen LogP) is 1.51. The maximum Gasteiger partial charge on any atom is 0.163 e. The molecule has 0 fully saturated rings. The normalized spacial score (nSPS) is 13.4. The van der Waals surface area contributed by atoms with Crippen LogP contribution in [0.25, 0.3) is 0 Å². The molecule has 100 valence electrons. The fourth-order valence-electron chi connectivity index (χ4n) is 1.94. The Balaban J connectivity index is 1.72. The predicted molar refractivity (Wildman–Crippen MR) is 70.5 cm³/mol. The second kappa shape index (κ2) is 4.79. The first-order valence-corrected chi connectivity index (χ1v) is 6.22. The van der Waals surface area contributed by atoms with Crippen LogP contribution in [0.4, 0.5) is 5.69 Å². The van der Waals surface area contributed by atoms with Gasteiger partial charge >= 0.3 is 0 Å². The molecular formula is C13H16N4O2. The van der Waals surface area contributed by atoms with E-state index in [4.69, 9.17) is 9.47 Å². The highest BCUT2D eigenvalue weighted by atomic mass is 16.6. The summed E-state index contributed by atoms with van der Waals surface area (Å²) < 4.78 is 13.0. The molecule has 2 heterocycles. The van der Waals surface area contributed by atoms with Crippen molar-refractivity contribution in [2.24, 2.45) is 7.05 Å². The molecule has 1 aromatic carbocycles. The number of aromatic nitrogens is 3. The number of ether oxygens (including phenoxy) is 2. The summed E-state index contributed by atoms with van der Waals surface area (Å²) in [6.45, 7) is 3.76. The van der Waals surface area contributed by atoms with Gasteiger partial charge in [-0.1, -0.05) is 0 Å². The zero-order valence-electron chi connectivity index (χ0n) is 11.0. The van der Waals surface area contributed by atoms with Gasteiger partial charge < -0.3 is 19.4 Å². The number of hydrogen-bond acceptors (Lipinski definition) is 5. The number of fused-ring (bicyclic) bond motifs is 1. The van der Waals surface area contributed by atoms with Crippen LogP contribution in [0.1, 0.15) is 11.6 Å². The van der Waals surface area contributed by atoms with Gasteiger partial charge in [-0.05, 0) is 19.1 Å². The summed E-state index contributed by atoms with van der Waals surface area (Å²) in [6.07, 6.45) is 0. The molecule has 3 rings (SSSR count). The number of rotatable bonds is 3. The zero-order valence-corrected chi connectivity index (χ0v) is 11.0. The molecule has 0 aliphatic carbocycles. The standard InChI is InChI=1S/C13H16N4O2/c1-9-15-16-13(17(9)2)8-14-10-3-4-11-12(7-10)19-6-5-18-11/h3-4,7,14H,5-6,8H2,1-2H3. The molecule has 1 N–H and O–H groups in total. The summed E-state index contributed by atoms with van der Waals surface area (Å²) in [7, 11) is 1.95. The minimum absolute atomic E-state index is 0.596. The van der Waals surface area contributed by atoms with Crippen LogP contribution in [-0.4, -0.2) is 28.0 Å². The van der Waals surface area contributed by atoms with E-state index < -0.39 is 0 Å². The topological polar surface area (TPSA) is 61.2 Å². The number of nitrogens with one attached hydrogen (secondary N) is 1. The van der Waals surface area contributed by atoms with E-state index in [2.05, 4.69) is 15.5 Å². The lowest BCUT2D eigenvalue weighted by Crippen LogP contribution is -2.15. The van der Waals surface area contributed by atoms with Gasteiger partial charge in [0, 0.05) is 18.8 Å². The Hall–Kier alpha value is -2.24. The maximum absolute atomic E-state index is 5.55. The molecule has 1 aromatic heterocycles. The SMILES string of the molecule is Cc1nnc(CNc2ccc3c(c2)OCCO3)n1C. The number of nitrogens with zero attached hydrogens (tertiary/aromatic N) is 3. The summed E-state index contributed by atoms with van der Waals surface area (Å²) in [5.74, 6) is 3.38. The highest BCUT2D eigenvalue weighted by Crippen LogP contribution is 2.32. The van der Waals surface area contributed by atoms with Crippen LogP contribution < -0.4 is 14.8 Å². The first-order valence-electron chi connectivity index (χ1n) is 6.22. The van der Waals surface area contributed by atoms with Crippen LogP contribution >= 0.6 is 0 Å². The van der Waals surface area contributed by atoms with Crippen molar-refractivity contribution >= 4 is 5.69 Å². The Morgan fingerprint density at radius 2 is 2.00 bits per heavy atom. The monoisotopic (exact) mass is 260 g/mol. The van der Waals surface area contributed by atoms with Gasteiger partial charge in [0.2, 0.25) is 0 Å². The van der Waals surface area contributed by atoms with Crippen molar-refractivity contribution in [1.29, 1.82) is 0 Å². The molecule has 0 spiro atoms. The van der Waals surface area contributed by atoms with E-state index >= 15 is 0 Å². The largest absolute Gasteiger partial charge is 0.486 e. The number of aryl methyl sites for hydroxylation is 1.